The van der Waals surface area contributed by atoms with Gasteiger partial charge in [-0.2, -0.15) is 0 Å². The molecule has 1 aliphatic rings. The van der Waals surface area contributed by atoms with Crippen LogP contribution in [0.15, 0.2) is 29.3 Å². The number of amides is 1. The highest BCUT2D eigenvalue weighted by Gasteiger charge is 2.27. The maximum Gasteiger partial charge on any atom is 0.261 e. The Bertz CT molecular complexity index is 901. The van der Waals surface area contributed by atoms with Crippen LogP contribution in [-0.2, 0) is 16.1 Å². The number of ether oxygens (including phenoxy) is 1. The number of hydrogen-bond acceptors (Lipinski definition) is 5. The zero-order chi connectivity index (χ0) is 21.5. The summed E-state index contributed by atoms with van der Waals surface area (Å²) >= 11 is 0. The minimum atomic E-state index is -0.0975. The fourth-order valence-corrected chi connectivity index (χ4v) is 4.36. The molecule has 7 nitrogen and oxygen atoms in total. The lowest BCUT2D eigenvalue weighted by Crippen LogP contribution is -2.52. The highest BCUT2D eigenvalue weighted by Crippen LogP contribution is 2.19. The van der Waals surface area contributed by atoms with Gasteiger partial charge in [-0.3, -0.25) is 19.1 Å². The van der Waals surface area contributed by atoms with Crippen molar-refractivity contribution in [3.63, 3.8) is 0 Å². The molecule has 0 saturated carbocycles. The zero-order valence-corrected chi connectivity index (χ0v) is 18.4. The Hall–Kier alpha value is -2.25. The van der Waals surface area contributed by atoms with Gasteiger partial charge in [0.15, 0.2) is 0 Å². The molecular formula is C23H34N4O3. The zero-order valence-electron chi connectivity index (χ0n) is 18.4. The number of carbonyl (C=O) groups is 1. The number of nitrogens with zero attached hydrogens (tertiary/aromatic N) is 3. The molecule has 1 atom stereocenters. The summed E-state index contributed by atoms with van der Waals surface area (Å²) < 4.78 is 7.02. The third-order valence-electron chi connectivity index (χ3n) is 6.25. The van der Waals surface area contributed by atoms with Crippen molar-refractivity contribution in [2.45, 2.75) is 52.6 Å². The molecule has 0 aliphatic carbocycles. The summed E-state index contributed by atoms with van der Waals surface area (Å²) in [6.45, 7) is 10.7. The predicted octanol–water partition coefficient (Wildman–Crippen LogP) is 2.35. The Balaban J connectivity index is 1.60. The minimum absolute atomic E-state index is 0.0320. The predicted molar refractivity (Wildman–Crippen MR) is 119 cm³/mol. The molecule has 3 rings (SSSR count). The molecule has 1 aromatic carbocycles. The molecule has 1 N–H and O–H groups in total. The molecule has 1 aliphatic heterocycles. The van der Waals surface area contributed by atoms with E-state index in [1.54, 1.807) is 12.4 Å². The standard InChI is InChI=1S/C23H34N4O3/c1-4-18(5-2)20(26-11-13-30-14-12-26)15-24-21(28)9-10-27-16-25-22-17(3)7-6-8-19(22)23(27)29/h6-8,16,18,20H,4-5,9-15H2,1-3H3,(H,24,28). The molecule has 1 unspecified atom stereocenters. The van der Waals surface area contributed by atoms with E-state index in [-0.39, 0.29) is 17.9 Å². The van der Waals surface area contributed by atoms with E-state index in [9.17, 15) is 9.59 Å². The van der Waals surface area contributed by atoms with E-state index in [0.29, 0.717) is 30.4 Å². The largest absolute Gasteiger partial charge is 0.379 e. The first-order chi connectivity index (χ1) is 14.5. The van der Waals surface area contributed by atoms with Gasteiger partial charge < -0.3 is 10.1 Å². The normalized spacial score (nSPS) is 16.1. The van der Waals surface area contributed by atoms with Gasteiger partial charge in [-0.15, -0.1) is 0 Å². The summed E-state index contributed by atoms with van der Waals surface area (Å²) in [5.41, 5.74) is 1.60. The molecule has 0 spiro atoms. The fourth-order valence-electron chi connectivity index (χ4n) is 4.36. The number of fused-ring (bicyclic) bond motifs is 1. The van der Waals surface area contributed by atoms with E-state index >= 15 is 0 Å². The maximum absolute atomic E-state index is 12.7. The van der Waals surface area contributed by atoms with Crippen LogP contribution in [0, 0.1) is 12.8 Å². The van der Waals surface area contributed by atoms with Crippen LogP contribution < -0.4 is 10.9 Å². The minimum Gasteiger partial charge on any atom is -0.379 e. The van der Waals surface area contributed by atoms with E-state index < -0.39 is 0 Å². The van der Waals surface area contributed by atoms with Crippen LogP contribution in [0.25, 0.3) is 10.9 Å². The van der Waals surface area contributed by atoms with E-state index in [4.69, 9.17) is 4.74 Å². The third-order valence-corrected chi connectivity index (χ3v) is 6.25. The van der Waals surface area contributed by atoms with E-state index in [0.717, 1.165) is 50.2 Å². The summed E-state index contributed by atoms with van der Waals surface area (Å²) in [7, 11) is 0. The number of rotatable bonds is 9. The van der Waals surface area contributed by atoms with E-state index in [1.165, 1.54) is 4.57 Å². The van der Waals surface area contributed by atoms with Crippen molar-refractivity contribution in [2.24, 2.45) is 5.92 Å². The average molecular weight is 415 g/mol. The SMILES string of the molecule is CCC(CC)C(CNC(=O)CCn1cnc2c(C)cccc2c1=O)N1CCOCC1. The lowest BCUT2D eigenvalue weighted by atomic mass is 9.92. The third kappa shape index (κ3) is 5.26. The molecule has 1 amide bonds. The molecule has 0 radical (unpaired) electrons. The van der Waals surface area contributed by atoms with Crippen LogP contribution >= 0.6 is 0 Å². The summed E-state index contributed by atoms with van der Waals surface area (Å²) in [4.78, 5) is 32.1. The molecule has 2 aromatic rings. The summed E-state index contributed by atoms with van der Waals surface area (Å²) in [6.07, 6.45) is 3.99. The van der Waals surface area contributed by atoms with Crippen molar-refractivity contribution in [3.8, 4) is 0 Å². The van der Waals surface area contributed by atoms with Gasteiger partial charge in [-0.05, 0) is 24.5 Å². The first-order valence-electron chi connectivity index (χ1n) is 11.1. The van der Waals surface area contributed by atoms with Crippen LogP contribution in [0.3, 0.4) is 0 Å². The Kier molecular flexibility index (Phi) is 7.99. The summed E-state index contributed by atoms with van der Waals surface area (Å²) in [6, 6.07) is 5.91. The molecule has 0 bridgehead atoms. The smallest absolute Gasteiger partial charge is 0.261 e. The monoisotopic (exact) mass is 414 g/mol. The van der Waals surface area contributed by atoms with Crippen molar-refractivity contribution in [1.82, 2.24) is 19.8 Å². The van der Waals surface area contributed by atoms with Crippen LogP contribution in [0.2, 0.25) is 0 Å². The number of carbonyl (C=O) groups excluding carboxylic acids is 1. The van der Waals surface area contributed by atoms with Gasteiger partial charge in [0.05, 0.1) is 30.4 Å². The fraction of sp³-hybridized carbons (Fsp3) is 0.609. The number of morpholine rings is 1. The first kappa shape index (κ1) is 22.4. The van der Waals surface area contributed by atoms with E-state index in [2.05, 4.69) is 29.0 Å². The van der Waals surface area contributed by atoms with Gasteiger partial charge in [0.25, 0.3) is 5.56 Å². The first-order valence-corrected chi connectivity index (χ1v) is 11.1. The number of hydrogen-bond donors (Lipinski definition) is 1. The average Bonchev–Trinajstić information content (AvgIpc) is 2.77. The highest BCUT2D eigenvalue weighted by molar-refractivity contribution is 5.80. The lowest BCUT2D eigenvalue weighted by molar-refractivity contribution is -0.121. The quantitative estimate of drug-likeness (QED) is 0.682. The maximum atomic E-state index is 12.7. The second-order valence-corrected chi connectivity index (χ2v) is 8.06. The Morgan fingerprint density at radius 3 is 2.67 bits per heavy atom. The molecule has 2 heterocycles. The molecule has 1 fully saturated rings. The van der Waals surface area contributed by atoms with Crippen molar-refractivity contribution in [2.75, 3.05) is 32.8 Å². The van der Waals surface area contributed by atoms with Gasteiger partial charge >= 0.3 is 0 Å². The van der Waals surface area contributed by atoms with Crippen LogP contribution in [-0.4, -0.2) is 59.2 Å². The van der Waals surface area contributed by atoms with Gasteiger partial charge in [0.2, 0.25) is 5.91 Å². The van der Waals surface area contributed by atoms with Gasteiger partial charge in [-0.25, -0.2) is 4.98 Å². The summed E-state index contributed by atoms with van der Waals surface area (Å²) in [5.74, 6) is 0.509. The molecule has 1 aromatic heterocycles. The highest BCUT2D eigenvalue weighted by atomic mass is 16.5. The number of aromatic nitrogens is 2. The second kappa shape index (κ2) is 10.7. The number of para-hydroxylation sites is 1. The van der Waals surface area contributed by atoms with Gasteiger partial charge in [0, 0.05) is 38.6 Å². The molecule has 164 valence electrons. The number of benzene rings is 1. The van der Waals surface area contributed by atoms with Crippen LogP contribution in [0.1, 0.15) is 38.7 Å². The van der Waals surface area contributed by atoms with Gasteiger partial charge in [-0.1, -0.05) is 38.8 Å². The van der Waals surface area contributed by atoms with Crippen molar-refractivity contribution >= 4 is 16.8 Å². The topological polar surface area (TPSA) is 76.5 Å². The number of aryl methyl sites for hydroxylation is 2. The van der Waals surface area contributed by atoms with Crippen molar-refractivity contribution < 1.29 is 9.53 Å². The molecule has 1 saturated heterocycles. The molecular weight excluding hydrogens is 380 g/mol. The Labute approximate surface area is 178 Å². The van der Waals surface area contributed by atoms with Crippen molar-refractivity contribution in [1.29, 1.82) is 0 Å². The molecule has 30 heavy (non-hydrogen) atoms. The van der Waals surface area contributed by atoms with E-state index in [1.807, 2.05) is 19.1 Å². The second-order valence-electron chi connectivity index (χ2n) is 8.06. The lowest BCUT2D eigenvalue weighted by Gasteiger charge is -2.38. The van der Waals surface area contributed by atoms with Crippen molar-refractivity contribution in [3.05, 3.63) is 40.4 Å². The van der Waals surface area contributed by atoms with Crippen LogP contribution in [0.4, 0.5) is 0 Å². The molecule has 7 heteroatoms. The number of nitrogens with one attached hydrogen (secondary N) is 1. The van der Waals surface area contributed by atoms with Gasteiger partial charge in [0.1, 0.15) is 0 Å². The Morgan fingerprint density at radius 2 is 1.97 bits per heavy atom. The Morgan fingerprint density at radius 1 is 1.23 bits per heavy atom. The van der Waals surface area contributed by atoms with Crippen LogP contribution in [0.5, 0.6) is 0 Å². The summed E-state index contributed by atoms with van der Waals surface area (Å²) in [5, 5.41) is 3.70.